The molecule has 0 aliphatic carbocycles. The topological polar surface area (TPSA) is 28.0 Å². The summed E-state index contributed by atoms with van der Waals surface area (Å²) in [5.74, 6) is 0.946. The van der Waals surface area contributed by atoms with Crippen LogP contribution in [0.2, 0.25) is 5.02 Å². The van der Waals surface area contributed by atoms with Crippen LogP contribution in [0.15, 0.2) is 70.8 Å². The average Bonchev–Trinajstić information content (AvgIpc) is 3.03. The third kappa shape index (κ3) is 2.24. The molecule has 0 amide bonds. The number of allylic oxidation sites excluding steroid dienone is 1. The van der Waals surface area contributed by atoms with Crippen LogP contribution in [0.5, 0.6) is 0 Å². The van der Waals surface area contributed by atoms with Crippen LogP contribution in [0.1, 0.15) is 11.1 Å². The molecule has 0 radical (unpaired) electrons. The van der Waals surface area contributed by atoms with Crippen LogP contribution < -0.4 is 0 Å². The first kappa shape index (κ1) is 13.3. The van der Waals surface area contributed by atoms with Gasteiger partial charge in [-0.15, -0.1) is 0 Å². The highest BCUT2D eigenvalue weighted by molar-refractivity contribution is 6.37. The quantitative estimate of drug-likeness (QED) is 0.828. The lowest BCUT2D eigenvalue weighted by molar-refractivity contribution is 0.491. The first-order valence-electron chi connectivity index (χ1n) is 7.26. The molecule has 3 nitrogen and oxygen atoms in total. The molecule has 0 bridgehead atoms. The molecule has 4 heteroatoms. The maximum absolute atomic E-state index is 6.34. The van der Waals surface area contributed by atoms with Crippen molar-refractivity contribution in [2.75, 3.05) is 13.1 Å². The van der Waals surface area contributed by atoms with Crippen molar-refractivity contribution in [3.05, 3.63) is 76.8 Å². The Hall–Kier alpha value is -2.39. The molecule has 2 aromatic rings. The van der Waals surface area contributed by atoms with Gasteiger partial charge in [0.1, 0.15) is 0 Å². The molecule has 0 atom stereocenters. The summed E-state index contributed by atoms with van der Waals surface area (Å²) in [5, 5.41) is 7.39. The van der Waals surface area contributed by atoms with Gasteiger partial charge < -0.3 is 0 Å². The molecule has 2 aliphatic heterocycles. The Labute approximate surface area is 134 Å². The molecule has 108 valence electrons. The summed E-state index contributed by atoms with van der Waals surface area (Å²) in [5.41, 5.74) is 4.07. The van der Waals surface area contributed by atoms with Crippen LogP contribution in [0, 0.1) is 0 Å². The molecule has 0 spiro atoms. The minimum Gasteiger partial charge on any atom is -0.265 e. The van der Waals surface area contributed by atoms with Gasteiger partial charge in [-0.3, -0.25) is 4.99 Å². The van der Waals surface area contributed by atoms with Crippen LogP contribution in [-0.4, -0.2) is 29.6 Å². The van der Waals surface area contributed by atoms with E-state index in [1.807, 2.05) is 47.5 Å². The molecule has 0 N–H and O–H groups in total. The standard InChI is InChI=1S/C18H14ClN3/c19-16-9-5-4-8-14(16)17-12-15(13-6-2-1-3-7-13)18-20-10-11-22(18)21-17/h1-9,12H,10-11H2. The molecule has 0 aromatic heterocycles. The van der Waals surface area contributed by atoms with E-state index in [1.54, 1.807) is 0 Å². The fraction of sp³-hybridized carbons (Fsp3) is 0.111. The summed E-state index contributed by atoms with van der Waals surface area (Å²) < 4.78 is 0. The van der Waals surface area contributed by atoms with Gasteiger partial charge in [-0.1, -0.05) is 60.1 Å². The number of benzene rings is 2. The zero-order chi connectivity index (χ0) is 14.9. The summed E-state index contributed by atoms with van der Waals surface area (Å²) in [6.45, 7) is 1.59. The third-order valence-corrected chi connectivity index (χ3v) is 4.13. The van der Waals surface area contributed by atoms with Crippen LogP contribution in [0.25, 0.3) is 5.57 Å². The first-order chi connectivity index (χ1) is 10.8. The Morgan fingerprint density at radius 1 is 0.955 bits per heavy atom. The van der Waals surface area contributed by atoms with Gasteiger partial charge >= 0.3 is 0 Å². The Morgan fingerprint density at radius 2 is 1.73 bits per heavy atom. The van der Waals surface area contributed by atoms with E-state index in [0.29, 0.717) is 5.02 Å². The Morgan fingerprint density at radius 3 is 2.55 bits per heavy atom. The normalized spacial score (nSPS) is 16.8. The van der Waals surface area contributed by atoms with E-state index >= 15 is 0 Å². The zero-order valence-electron chi connectivity index (χ0n) is 11.9. The predicted octanol–water partition coefficient (Wildman–Crippen LogP) is 3.86. The molecule has 0 saturated heterocycles. The number of hydrogen-bond donors (Lipinski definition) is 0. The van der Waals surface area contributed by atoms with E-state index in [2.05, 4.69) is 23.2 Å². The van der Waals surface area contributed by atoms with Crippen molar-refractivity contribution in [3.63, 3.8) is 0 Å². The zero-order valence-corrected chi connectivity index (χ0v) is 12.7. The van der Waals surface area contributed by atoms with Crippen LogP contribution >= 0.6 is 11.6 Å². The molecule has 0 fully saturated rings. The number of rotatable bonds is 2. The van der Waals surface area contributed by atoms with E-state index in [-0.39, 0.29) is 0 Å². The van der Waals surface area contributed by atoms with Crippen molar-refractivity contribution in [1.82, 2.24) is 5.01 Å². The van der Waals surface area contributed by atoms with E-state index in [4.69, 9.17) is 16.7 Å². The van der Waals surface area contributed by atoms with Gasteiger partial charge in [-0.2, -0.15) is 5.10 Å². The minimum atomic E-state index is 0.712. The highest BCUT2D eigenvalue weighted by atomic mass is 35.5. The van der Waals surface area contributed by atoms with Crippen molar-refractivity contribution in [2.24, 2.45) is 10.1 Å². The van der Waals surface area contributed by atoms with Gasteiger partial charge in [-0.25, -0.2) is 5.01 Å². The van der Waals surface area contributed by atoms with Crippen molar-refractivity contribution >= 4 is 28.7 Å². The van der Waals surface area contributed by atoms with E-state index in [1.165, 1.54) is 0 Å². The summed E-state index contributed by atoms with van der Waals surface area (Å²) in [4.78, 5) is 4.60. The van der Waals surface area contributed by atoms with Gasteiger partial charge in [0.25, 0.3) is 0 Å². The number of aliphatic imine (C=N–C) groups is 1. The highest BCUT2D eigenvalue weighted by Crippen LogP contribution is 2.28. The second kappa shape index (κ2) is 5.43. The lowest BCUT2D eigenvalue weighted by Gasteiger charge is -2.23. The molecule has 4 rings (SSSR count). The maximum atomic E-state index is 6.34. The molecule has 2 heterocycles. The fourth-order valence-electron chi connectivity index (χ4n) is 2.75. The molecular formula is C18H14ClN3. The summed E-state index contributed by atoms with van der Waals surface area (Å²) in [7, 11) is 0. The van der Waals surface area contributed by atoms with E-state index < -0.39 is 0 Å². The molecule has 2 aliphatic rings. The maximum Gasteiger partial charge on any atom is 0.152 e. The number of hydrazone groups is 1. The summed E-state index contributed by atoms with van der Waals surface area (Å²) >= 11 is 6.34. The molecule has 0 unspecified atom stereocenters. The van der Waals surface area contributed by atoms with Crippen LogP contribution in [0.4, 0.5) is 0 Å². The van der Waals surface area contributed by atoms with Crippen LogP contribution in [-0.2, 0) is 0 Å². The Kier molecular flexibility index (Phi) is 3.28. The Balaban J connectivity index is 1.86. The number of nitrogens with zero attached hydrogens (tertiary/aromatic N) is 3. The fourth-order valence-corrected chi connectivity index (χ4v) is 2.98. The second-order valence-electron chi connectivity index (χ2n) is 5.22. The smallest absolute Gasteiger partial charge is 0.152 e. The van der Waals surface area contributed by atoms with Crippen molar-refractivity contribution in [3.8, 4) is 0 Å². The first-order valence-corrected chi connectivity index (χ1v) is 7.64. The number of fused-ring (bicyclic) bond motifs is 1. The number of halogens is 1. The van der Waals surface area contributed by atoms with E-state index in [0.717, 1.165) is 41.3 Å². The van der Waals surface area contributed by atoms with Crippen molar-refractivity contribution in [2.45, 2.75) is 0 Å². The number of amidine groups is 1. The third-order valence-electron chi connectivity index (χ3n) is 3.80. The van der Waals surface area contributed by atoms with Crippen LogP contribution in [0.3, 0.4) is 0 Å². The van der Waals surface area contributed by atoms with Gasteiger partial charge in [-0.05, 0) is 17.7 Å². The minimum absolute atomic E-state index is 0.712. The van der Waals surface area contributed by atoms with Gasteiger partial charge in [0.15, 0.2) is 5.84 Å². The average molecular weight is 308 g/mol. The Bertz CT molecular complexity index is 806. The largest absolute Gasteiger partial charge is 0.265 e. The lowest BCUT2D eigenvalue weighted by atomic mass is 9.99. The molecule has 2 aromatic carbocycles. The lowest BCUT2D eigenvalue weighted by Crippen LogP contribution is -2.28. The molecule has 0 saturated carbocycles. The van der Waals surface area contributed by atoms with E-state index in [9.17, 15) is 0 Å². The summed E-state index contributed by atoms with van der Waals surface area (Å²) in [6.07, 6.45) is 2.08. The van der Waals surface area contributed by atoms with Gasteiger partial charge in [0.2, 0.25) is 0 Å². The molecule has 22 heavy (non-hydrogen) atoms. The summed E-state index contributed by atoms with van der Waals surface area (Å²) in [6, 6.07) is 18.1. The van der Waals surface area contributed by atoms with Crippen molar-refractivity contribution < 1.29 is 0 Å². The van der Waals surface area contributed by atoms with Crippen molar-refractivity contribution in [1.29, 1.82) is 0 Å². The highest BCUT2D eigenvalue weighted by Gasteiger charge is 2.26. The number of hydrogen-bond acceptors (Lipinski definition) is 3. The monoisotopic (exact) mass is 307 g/mol. The second-order valence-corrected chi connectivity index (χ2v) is 5.62. The predicted molar refractivity (Wildman–Crippen MR) is 91.4 cm³/mol. The SMILES string of the molecule is Clc1ccccc1C1=NN2CCN=C2C(c2ccccc2)=C1. The molecular weight excluding hydrogens is 294 g/mol. The van der Waals surface area contributed by atoms with Gasteiger partial charge in [0.05, 0.1) is 23.8 Å². The van der Waals surface area contributed by atoms with Gasteiger partial charge in [0, 0.05) is 11.1 Å².